The number of hydrogen-bond donors (Lipinski definition) is 1. The van der Waals surface area contributed by atoms with E-state index in [1.54, 1.807) is 0 Å². The fourth-order valence-corrected chi connectivity index (χ4v) is 4.13. The van der Waals surface area contributed by atoms with Crippen LogP contribution in [0.4, 0.5) is 4.39 Å². The molecule has 0 bridgehead atoms. The number of benzene rings is 1. The van der Waals surface area contributed by atoms with Gasteiger partial charge >= 0.3 is 0 Å². The Morgan fingerprint density at radius 3 is 2.75 bits per heavy atom. The number of halogens is 2. The van der Waals surface area contributed by atoms with Crippen molar-refractivity contribution in [2.24, 2.45) is 0 Å². The second kappa shape index (κ2) is 7.21. The van der Waals surface area contributed by atoms with Crippen LogP contribution >= 0.6 is 11.6 Å². The summed E-state index contributed by atoms with van der Waals surface area (Å²) in [5.41, 5.74) is 1.02. The van der Waals surface area contributed by atoms with Gasteiger partial charge in [-0.15, -0.1) is 0 Å². The largest absolute Gasteiger partial charge is 0.269 e. The first-order valence-corrected chi connectivity index (χ1v) is 9.91. The van der Waals surface area contributed by atoms with E-state index >= 15 is 0 Å². The van der Waals surface area contributed by atoms with Gasteiger partial charge in [-0.05, 0) is 36.6 Å². The Hall–Kier alpha value is -1.44. The van der Waals surface area contributed by atoms with Crippen LogP contribution in [0.25, 0.3) is 0 Å². The van der Waals surface area contributed by atoms with Crippen molar-refractivity contribution >= 4 is 21.6 Å². The average molecular weight is 372 g/mol. The van der Waals surface area contributed by atoms with Crippen LogP contribution in [0, 0.1) is 5.82 Å². The number of sulfonamides is 1. The van der Waals surface area contributed by atoms with Crippen molar-refractivity contribution in [1.29, 1.82) is 0 Å². The number of nitrogens with one attached hydrogen (secondary N) is 1. The van der Waals surface area contributed by atoms with Crippen LogP contribution in [0.3, 0.4) is 0 Å². The van der Waals surface area contributed by atoms with E-state index in [1.165, 1.54) is 25.0 Å². The van der Waals surface area contributed by atoms with Crippen molar-refractivity contribution in [3.05, 3.63) is 52.6 Å². The van der Waals surface area contributed by atoms with E-state index < -0.39 is 15.8 Å². The minimum Gasteiger partial charge on any atom is -0.269 e. The van der Waals surface area contributed by atoms with Gasteiger partial charge in [0.2, 0.25) is 10.0 Å². The normalized spacial score (nSPS) is 15.9. The molecule has 1 aromatic carbocycles. The molecule has 1 heterocycles. The van der Waals surface area contributed by atoms with Gasteiger partial charge in [-0.1, -0.05) is 30.5 Å². The molecule has 2 aromatic rings. The van der Waals surface area contributed by atoms with E-state index in [0.29, 0.717) is 17.3 Å². The van der Waals surface area contributed by atoms with Crippen LogP contribution in [0.15, 0.2) is 30.5 Å². The molecule has 0 atom stereocenters. The van der Waals surface area contributed by atoms with Gasteiger partial charge in [0.05, 0.1) is 29.1 Å². The van der Waals surface area contributed by atoms with Crippen molar-refractivity contribution in [3.8, 4) is 0 Å². The summed E-state index contributed by atoms with van der Waals surface area (Å²) in [5.74, 6) is -0.926. The second-order valence-corrected chi connectivity index (χ2v) is 8.27. The summed E-state index contributed by atoms with van der Waals surface area (Å²) in [6, 6.07) is 6.23. The molecule has 0 saturated heterocycles. The number of nitrogens with zero attached hydrogens (tertiary/aromatic N) is 2. The fraction of sp³-hybridized carbons (Fsp3) is 0.438. The molecule has 5 nitrogen and oxygen atoms in total. The summed E-state index contributed by atoms with van der Waals surface area (Å²) in [6.07, 6.45) is 6.56. The molecule has 1 aliphatic carbocycles. The maximum Gasteiger partial charge on any atom is 0.216 e. The predicted molar refractivity (Wildman–Crippen MR) is 90.6 cm³/mol. The van der Waals surface area contributed by atoms with E-state index in [-0.39, 0.29) is 17.3 Å². The Morgan fingerprint density at radius 2 is 2.04 bits per heavy atom. The van der Waals surface area contributed by atoms with E-state index in [2.05, 4.69) is 9.82 Å². The highest BCUT2D eigenvalue weighted by atomic mass is 35.5. The minimum absolute atomic E-state index is 0.0263. The van der Waals surface area contributed by atoms with Crippen LogP contribution in [-0.2, 0) is 22.3 Å². The summed E-state index contributed by atoms with van der Waals surface area (Å²) < 4.78 is 42.1. The highest BCUT2D eigenvalue weighted by molar-refractivity contribution is 7.88. The van der Waals surface area contributed by atoms with Gasteiger partial charge in [-0.2, -0.15) is 5.10 Å². The third-order valence-corrected chi connectivity index (χ3v) is 5.78. The van der Waals surface area contributed by atoms with Crippen molar-refractivity contribution in [2.75, 3.05) is 0 Å². The SMILES string of the molecule is O=S(=O)(Cc1ccc(Cl)c(F)c1)NCc1ccn(C2CCCC2)n1. The lowest BCUT2D eigenvalue weighted by molar-refractivity contribution is 0.462. The van der Waals surface area contributed by atoms with Crippen LogP contribution in [-0.4, -0.2) is 18.2 Å². The molecular weight excluding hydrogens is 353 g/mol. The fourth-order valence-electron chi connectivity index (χ4n) is 2.93. The molecule has 3 rings (SSSR count). The van der Waals surface area contributed by atoms with Crippen molar-refractivity contribution in [2.45, 2.75) is 44.0 Å². The zero-order valence-corrected chi connectivity index (χ0v) is 14.7. The molecule has 0 amide bonds. The number of aromatic nitrogens is 2. The Kier molecular flexibility index (Phi) is 5.22. The van der Waals surface area contributed by atoms with Crippen molar-refractivity contribution < 1.29 is 12.8 Å². The number of rotatable bonds is 6. The Bertz CT molecular complexity index is 816. The first kappa shape index (κ1) is 17.4. The Balaban J connectivity index is 1.59. The van der Waals surface area contributed by atoms with Gasteiger partial charge in [0.1, 0.15) is 5.82 Å². The maximum atomic E-state index is 13.4. The third kappa shape index (κ3) is 4.34. The topological polar surface area (TPSA) is 64.0 Å². The van der Waals surface area contributed by atoms with Gasteiger partial charge < -0.3 is 0 Å². The summed E-state index contributed by atoms with van der Waals surface area (Å²) >= 11 is 5.60. The van der Waals surface area contributed by atoms with E-state index in [9.17, 15) is 12.8 Å². The van der Waals surface area contributed by atoms with Crippen molar-refractivity contribution in [1.82, 2.24) is 14.5 Å². The molecule has 130 valence electrons. The number of hydrogen-bond acceptors (Lipinski definition) is 3. The van der Waals surface area contributed by atoms with Crippen molar-refractivity contribution in [3.63, 3.8) is 0 Å². The predicted octanol–water partition coefficient (Wildman–Crippen LogP) is 3.41. The quantitative estimate of drug-likeness (QED) is 0.846. The summed E-state index contributed by atoms with van der Waals surface area (Å²) in [7, 11) is -3.58. The smallest absolute Gasteiger partial charge is 0.216 e. The first-order valence-electron chi connectivity index (χ1n) is 7.88. The molecule has 8 heteroatoms. The molecule has 0 aliphatic heterocycles. The lowest BCUT2D eigenvalue weighted by atomic mass is 10.2. The van der Waals surface area contributed by atoms with Gasteiger partial charge in [-0.25, -0.2) is 17.5 Å². The van der Waals surface area contributed by atoms with Gasteiger partial charge in [0.15, 0.2) is 0 Å². The molecule has 1 N–H and O–H groups in total. The Morgan fingerprint density at radius 1 is 1.29 bits per heavy atom. The maximum absolute atomic E-state index is 13.4. The van der Waals surface area contributed by atoms with E-state index in [0.717, 1.165) is 18.9 Å². The lowest BCUT2D eigenvalue weighted by Gasteiger charge is -2.09. The van der Waals surface area contributed by atoms with E-state index in [4.69, 9.17) is 11.6 Å². The van der Waals surface area contributed by atoms with E-state index in [1.807, 2.05) is 16.9 Å². The highest BCUT2D eigenvalue weighted by Gasteiger charge is 2.18. The molecule has 0 radical (unpaired) electrons. The monoisotopic (exact) mass is 371 g/mol. The van der Waals surface area contributed by atoms with Crippen LogP contribution in [0.5, 0.6) is 0 Å². The lowest BCUT2D eigenvalue weighted by Crippen LogP contribution is -2.25. The Labute approximate surface area is 145 Å². The first-order chi connectivity index (χ1) is 11.4. The molecule has 24 heavy (non-hydrogen) atoms. The summed E-state index contributed by atoms with van der Waals surface area (Å²) in [6.45, 7) is 0.123. The van der Waals surface area contributed by atoms with Gasteiger partial charge in [0, 0.05) is 6.20 Å². The zero-order chi connectivity index (χ0) is 17.2. The second-order valence-electron chi connectivity index (χ2n) is 6.05. The standard InChI is InChI=1S/C16H19ClFN3O2S/c17-15-6-5-12(9-16(15)18)11-24(22,23)19-10-13-7-8-21(20-13)14-3-1-2-4-14/h5-9,14,19H,1-4,10-11H2. The average Bonchev–Trinajstić information content (AvgIpc) is 3.19. The highest BCUT2D eigenvalue weighted by Crippen LogP contribution is 2.28. The van der Waals surface area contributed by atoms with Crippen LogP contribution in [0.1, 0.15) is 43.0 Å². The van der Waals surface area contributed by atoms with Gasteiger partial charge in [-0.3, -0.25) is 4.68 Å². The summed E-state index contributed by atoms with van der Waals surface area (Å²) in [4.78, 5) is 0. The van der Waals surface area contributed by atoms with Gasteiger partial charge in [0.25, 0.3) is 0 Å². The molecule has 1 saturated carbocycles. The molecule has 1 aliphatic rings. The zero-order valence-electron chi connectivity index (χ0n) is 13.1. The molecule has 0 spiro atoms. The molecule has 1 fully saturated rings. The molecule has 1 aromatic heterocycles. The molecular formula is C16H19ClFN3O2S. The minimum atomic E-state index is -3.58. The third-order valence-electron chi connectivity index (χ3n) is 4.18. The van der Waals surface area contributed by atoms with Crippen LogP contribution < -0.4 is 4.72 Å². The van der Waals surface area contributed by atoms with Crippen LogP contribution in [0.2, 0.25) is 5.02 Å². The molecule has 0 unspecified atom stereocenters. The summed E-state index contributed by atoms with van der Waals surface area (Å²) in [5, 5.41) is 4.41.